The zero-order valence-electron chi connectivity index (χ0n) is 18.3. The van der Waals surface area contributed by atoms with Crippen LogP contribution in [0.1, 0.15) is 92.1 Å². The van der Waals surface area contributed by atoms with E-state index in [1.165, 1.54) is 63.4 Å². The molecule has 2 N–H and O–H groups in total. The van der Waals surface area contributed by atoms with Crippen LogP contribution in [0.4, 0.5) is 0 Å². The predicted octanol–water partition coefficient (Wildman–Crippen LogP) is 3.43. The lowest BCUT2D eigenvalue weighted by atomic mass is 9.64. The molecule has 31 heavy (non-hydrogen) atoms. The van der Waals surface area contributed by atoms with Crippen molar-refractivity contribution in [1.82, 2.24) is 15.5 Å². The number of amides is 3. The van der Waals surface area contributed by atoms with E-state index < -0.39 is 6.04 Å². The molecule has 1 atom stereocenters. The van der Waals surface area contributed by atoms with Crippen molar-refractivity contribution in [2.24, 2.45) is 5.41 Å². The van der Waals surface area contributed by atoms with Crippen LogP contribution in [0.25, 0.3) is 0 Å². The number of carbonyl (C=O) groups is 3. The van der Waals surface area contributed by atoms with Crippen LogP contribution in [0.3, 0.4) is 0 Å². The normalized spacial score (nSPS) is 26.3. The van der Waals surface area contributed by atoms with Gasteiger partial charge in [0.1, 0.15) is 6.04 Å². The molecule has 6 nitrogen and oxygen atoms in total. The fourth-order valence-electron chi connectivity index (χ4n) is 6.24. The van der Waals surface area contributed by atoms with Crippen LogP contribution in [0.5, 0.6) is 0 Å². The molecule has 5 rings (SSSR count). The molecule has 1 spiro atoms. The molecule has 4 aliphatic rings. The van der Waals surface area contributed by atoms with E-state index in [2.05, 4.69) is 16.7 Å². The van der Waals surface area contributed by atoms with Crippen molar-refractivity contribution in [2.45, 2.75) is 95.8 Å². The molecule has 2 aliphatic carbocycles. The second kappa shape index (κ2) is 8.38. The number of hydrogen-bond donors (Lipinski definition) is 2. The topological polar surface area (TPSA) is 78.5 Å². The average Bonchev–Trinajstić information content (AvgIpc) is 3.10. The third-order valence-corrected chi connectivity index (χ3v) is 8.14. The Morgan fingerprint density at radius 1 is 1.00 bits per heavy atom. The number of fused-ring (bicyclic) bond motifs is 1. The maximum Gasteiger partial charge on any atom is 0.255 e. The van der Waals surface area contributed by atoms with E-state index in [9.17, 15) is 14.4 Å². The smallest absolute Gasteiger partial charge is 0.255 e. The number of rotatable bonds is 4. The number of nitrogens with one attached hydrogen (secondary N) is 2. The summed E-state index contributed by atoms with van der Waals surface area (Å²) >= 11 is 0. The van der Waals surface area contributed by atoms with Crippen LogP contribution >= 0.6 is 0 Å². The Hall–Kier alpha value is -2.21. The summed E-state index contributed by atoms with van der Waals surface area (Å²) in [6.07, 6.45) is 13.1. The molecule has 1 unspecified atom stereocenters. The summed E-state index contributed by atoms with van der Waals surface area (Å²) in [6.45, 7) is 1.26. The van der Waals surface area contributed by atoms with E-state index in [1.807, 2.05) is 12.1 Å². The summed E-state index contributed by atoms with van der Waals surface area (Å²) in [7, 11) is 0. The molecule has 0 radical (unpaired) electrons. The molecule has 1 saturated heterocycles. The lowest BCUT2D eigenvalue weighted by Gasteiger charge is -2.43. The summed E-state index contributed by atoms with van der Waals surface area (Å²) < 4.78 is 0. The van der Waals surface area contributed by atoms with Gasteiger partial charge in [-0.3, -0.25) is 19.7 Å². The van der Waals surface area contributed by atoms with Crippen LogP contribution in [0.15, 0.2) is 18.2 Å². The van der Waals surface area contributed by atoms with Crippen molar-refractivity contribution in [3.8, 4) is 0 Å². The number of benzene rings is 1. The van der Waals surface area contributed by atoms with Crippen molar-refractivity contribution < 1.29 is 14.4 Å². The lowest BCUT2D eigenvalue weighted by molar-refractivity contribution is -0.136. The van der Waals surface area contributed by atoms with E-state index in [4.69, 9.17) is 0 Å². The molecule has 3 fully saturated rings. The van der Waals surface area contributed by atoms with Gasteiger partial charge in [0.15, 0.2) is 0 Å². The third kappa shape index (κ3) is 4.14. The quantitative estimate of drug-likeness (QED) is 0.728. The van der Waals surface area contributed by atoms with Crippen molar-refractivity contribution in [1.29, 1.82) is 0 Å². The first kappa shape index (κ1) is 20.7. The maximum absolute atomic E-state index is 12.8. The third-order valence-electron chi connectivity index (χ3n) is 8.14. The second-order valence-electron chi connectivity index (χ2n) is 10.1. The van der Waals surface area contributed by atoms with Gasteiger partial charge in [-0.25, -0.2) is 0 Å². The molecule has 2 aliphatic heterocycles. The molecule has 0 aromatic heterocycles. The summed E-state index contributed by atoms with van der Waals surface area (Å²) in [5.41, 5.74) is 3.50. The molecule has 6 heteroatoms. The molecule has 166 valence electrons. The van der Waals surface area contributed by atoms with Gasteiger partial charge in [-0.2, -0.15) is 0 Å². The van der Waals surface area contributed by atoms with Crippen LogP contribution in [0.2, 0.25) is 0 Å². The van der Waals surface area contributed by atoms with Gasteiger partial charge in [0, 0.05) is 31.1 Å². The SMILES string of the molecule is O=C1CCC(N2Cc3cc(CNC4CCC5(CCCCC5)CC4)ccc3C2=O)C(=O)N1. The van der Waals surface area contributed by atoms with Crippen molar-refractivity contribution >= 4 is 17.7 Å². The molecule has 2 saturated carbocycles. The molecular weight excluding hydrogens is 390 g/mol. The molecule has 1 aromatic carbocycles. The fraction of sp³-hybridized carbons (Fsp3) is 0.640. The summed E-state index contributed by atoms with van der Waals surface area (Å²) in [4.78, 5) is 38.1. The Morgan fingerprint density at radius 2 is 1.77 bits per heavy atom. The van der Waals surface area contributed by atoms with Gasteiger partial charge in [-0.1, -0.05) is 31.4 Å². The highest BCUT2D eigenvalue weighted by atomic mass is 16.2. The number of piperidine rings is 1. The first-order valence-corrected chi connectivity index (χ1v) is 12.0. The van der Waals surface area contributed by atoms with Crippen LogP contribution in [0, 0.1) is 5.41 Å². The summed E-state index contributed by atoms with van der Waals surface area (Å²) in [6, 6.07) is 6.08. The Labute approximate surface area is 184 Å². The molecular formula is C25H33N3O3. The Kier molecular flexibility index (Phi) is 5.59. The minimum atomic E-state index is -0.548. The van der Waals surface area contributed by atoms with Crippen LogP contribution in [-0.4, -0.2) is 34.7 Å². The Morgan fingerprint density at radius 3 is 2.52 bits per heavy atom. The Bertz CT molecular complexity index is 880. The highest BCUT2D eigenvalue weighted by Crippen LogP contribution is 2.47. The highest BCUT2D eigenvalue weighted by molar-refractivity contribution is 6.05. The van der Waals surface area contributed by atoms with Crippen molar-refractivity contribution in [2.75, 3.05) is 0 Å². The maximum atomic E-state index is 12.8. The fourth-order valence-corrected chi connectivity index (χ4v) is 6.24. The lowest BCUT2D eigenvalue weighted by Crippen LogP contribution is -2.52. The van der Waals surface area contributed by atoms with Gasteiger partial charge in [0.25, 0.3) is 5.91 Å². The van der Waals surface area contributed by atoms with Crippen molar-refractivity contribution in [3.05, 3.63) is 34.9 Å². The van der Waals surface area contributed by atoms with Gasteiger partial charge in [-0.05, 0) is 67.6 Å². The highest BCUT2D eigenvalue weighted by Gasteiger charge is 2.39. The molecule has 0 bridgehead atoms. The first-order valence-electron chi connectivity index (χ1n) is 12.0. The van der Waals surface area contributed by atoms with Crippen molar-refractivity contribution in [3.63, 3.8) is 0 Å². The summed E-state index contributed by atoms with van der Waals surface area (Å²) in [5, 5.41) is 6.11. The van der Waals surface area contributed by atoms with Gasteiger partial charge < -0.3 is 10.2 Å². The minimum Gasteiger partial charge on any atom is -0.322 e. The van der Waals surface area contributed by atoms with Gasteiger partial charge in [0.05, 0.1) is 0 Å². The standard InChI is InChI=1S/C25H33N3O3/c29-22-7-6-21(23(30)27-22)28-16-18-14-17(4-5-20(18)24(28)31)15-26-19-8-12-25(13-9-19)10-2-1-3-11-25/h4-5,14,19,21,26H,1-3,6-13,15-16H2,(H,27,29,30). The number of nitrogens with zero attached hydrogens (tertiary/aromatic N) is 1. The molecule has 2 heterocycles. The number of carbonyl (C=O) groups excluding carboxylic acids is 3. The largest absolute Gasteiger partial charge is 0.322 e. The van der Waals surface area contributed by atoms with Gasteiger partial charge in [0.2, 0.25) is 11.8 Å². The van der Waals surface area contributed by atoms with E-state index in [0.29, 0.717) is 30.0 Å². The van der Waals surface area contributed by atoms with Gasteiger partial charge in [-0.15, -0.1) is 0 Å². The van der Waals surface area contributed by atoms with E-state index in [1.54, 1.807) is 4.90 Å². The average molecular weight is 424 g/mol. The second-order valence-corrected chi connectivity index (χ2v) is 10.1. The van der Waals surface area contributed by atoms with E-state index in [-0.39, 0.29) is 24.1 Å². The molecule has 3 amide bonds. The van der Waals surface area contributed by atoms with Crippen LogP contribution < -0.4 is 10.6 Å². The zero-order chi connectivity index (χ0) is 21.4. The van der Waals surface area contributed by atoms with E-state index >= 15 is 0 Å². The number of imide groups is 1. The van der Waals surface area contributed by atoms with Crippen LogP contribution in [-0.2, 0) is 22.7 Å². The zero-order valence-corrected chi connectivity index (χ0v) is 18.3. The molecule has 1 aromatic rings. The first-order chi connectivity index (χ1) is 15.0. The Balaban J connectivity index is 1.17. The number of hydrogen-bond acceptors (Lipinski definition) is 4. The van der Waals surface area contributed by atoms with E-state index in [0.717, 1.165) is 12.1 Å². The summed E-state index contributed by atoms with van der Waals surface area (Å²) in [5.74, 6) is -0.711. The predicted molar refractivity (Wildman–Crippen MR) is 117 cm³/mol. The minimum absolute atomic E-state index is 0.103. The monoisotopic (exact) mass is 423 g/mol. The van der Waals surface area contributed by atoms with Gasteiger partial charge >= 0.3 is 0 Å².